The van der Waals surface area contributed by atoms with Crippen molar-refractivity contribution >= 4 is 76.0 Å². The largest absolute Gasteiger partial charge is 0.295 e. The van der Waals surface area contributed by atoms with E-state index in [1.807, 2.05) is 36.4 Å². The molecule has 0 aliphatic heterocycles. The van der Waals surface area contributed by atoms with Gasteiger partial charge in [-0.2, -0.15) is 26.4 Å². The van der Waals surface area contributed by atoms with Crippen molar-refractivity contribution in [3.05, 3.63) is 120 Å². The SMILES string of the molecule is O=S(=O)(O)c1ccc2c(ccc3nn(-c4ccc(C=Cc5ccc(-n6nc7ccc8ccccc8c7n6)cc5S(=O)(=O)O)cc4)nc32)c1. The number of aromatic nitrogens is 6. The molecule has 6 aromatic carbocycles. The lowest BCUT2D eigenvalue weighted by atomic mass is 10.1. The molecule has 0 aliphatic rings. The summed E-state index contributed by atoms with van der Waals surface area (Å²) in [6.07, 6.45) is 3.31. The van der Waals surface area contributed by atoms with Crippen LogP contribution in [0.4, 0.5) is 0 Å². The number of rotatable bonds is 6. The van der Waals surface area contributed by atoms with E-state index in [0.717, 1.165) is 16.3 Å². The molecule has 8 aromatic rings. The number of benzene rings is 6. The maximum absolute atomic E-state index is 12.4. The van der Waals surface area contributed by atoms with Gasteiger partial charge in [0, 0.05) is 10.8 Å². The van der Waals surface area contributed by atoms with E-state index in [9.17, 15) is 25.9 Å². The summed E-state index contributed by atoms with van der Waals surface area (Å²) in [7, 11) is -8.94. The molecule has 0 bridgehead atoms. The average Bonchev–Trinajstić information content (AvgIpc) is 3.72. The Bertz CT molecular complexity index is 2840. The van der Waals surface area contributed by atoms with Crippen molar-refractivity contribution in [1.29, 1.82) is 0 Å². The predicted molar refractivity (Wildman–Crippen MR) is 181 cm³/mol. The van der Waals surface area contributed by atoms with E-state index in [4.69, 9.17) is 0 Å². The fourth-order valence-electron chi connectivity index (χ4n) is 5.64. The highest BCUT2D eigenvalue weighted by Crippen LogP contribution is 2.28. The second-order valence-corrected chi connectivity index (χ2v) is 13.9. The van der Waals surface area contributed by atoms with E-state index in [1.54, 1.807) is 66.7 Å². The van der Waals surface area contributed by atoms with Gasteiger partial charge in [-0.15, -0.1) is 20.4 Å². The van der Waals surface area contributed by atoms with Crippen LogP contribution in [0.3, 0.4) is 0 Å². The second-order valence-electron chi connectivity index (χ2n) is 11.0. The Hall–Kier alpha value is -5.80. The molecule has 2 heterocycles. The normalized spacial score (nSPS) is 12.6. The minimum atomic E-state index is -4.60. The zero-order valence-electron chi connectivity index (χ0n) is 24.6. The Balaban J connectivity index is 1.08. The van der Waals surface area contributed by atoms with Crippen molar-refractivity contribution in [3.8, 4) is 11.4 Å². The molecule has 2 aromatic heterocycles. The molecule has 236 valence electrons. The first-order chi connectivity index (χ1) is 23.0. The van der Waals surface area contributed by atoms with Crippen molar-refractivity contribution in [1.82, 2.24) is 30.0 Å². The maximum Gasteiger partial charge on any atom is 0.295 e. The third-order valence-electron chi connectivity index (χ3n) is 8.00. The molecule has 0 aliphatic carbocycles. The molecule has 0 saturated heterocycles. The molecule has 14 heteroatoms. The number of hydrogen-bond donors (Lipinski definition) is 2. The van der Waals surface area contributed by atoms with Gasteiger partial charge in [0.05, 0.1) is 16.3 Å². The van der Waals surface area contributed by atoms with Gasteiger partial charge >= 0.3 is 0 Å². The van der Waals surface area contributed by atoms with Crippen LogP contribution in [0, 0.1) is 0 Å². The lowest BCUT2D eigenvalue weighted by Gasteiger charge is -2.07. The second kappa shape index (κ2) is 10.9. The van der Waals surface area contributed by atoms with E-state index >= 15 is 0 Å². The number of nitrogens with zero attached hydrogens (tertiary/aromatic N) is 6. The summed E-state index contributed by atoms with van der Waals surface area (Å²) < 4.78 is 67.4. The summed E-state index contributed by atoms with van der Waals surface area (Å²) in [5.41, 5.74) is 4.53. The molecule has 48 heavy (non-hydrogen) atoms. The van der Waals surface area contributed by atoms with Crippen molar-refractivity contribution in [2.45, 2.75) is 9.79 Å². The molecule has 0 radical (unpaired) electrons. The molecular weight excluding hydrogens is 653 g/mol. The van der Waals surface area contributed by atoms with Crippen LogP contribution < -0.4 is 0 Å². The van der Waals surface area contributed by atoms with Crippen LogP contribution in [0.1, 0.15) is 11.1 Å². The summed E-state index contributed by atoms with van der Waals surface area (Å²) in [6.45, 7) is 0. The fraction of sp³-hybridized carbons (Fsp3) is 0. The van der Waals surface area contributed by atoms with Crippen molar-refractivity contribution in [2.24, 2.45) is 0 Å². The number of hydrogen-bond acceptors (Lipinski definition) is 8. The van der Waals surface area contributed by atoms with Gasteiger partial charge in [-0.1, -0.05) is 72.8 Å². The highest BCUT2D eigenvalue weighted by atomic mass is 32.2. The monoisotopic (exact) mass is 674 g/mol. The molecular formula is C34H22N6O6S2. The summed E-state index contributed by atoms with van der Waals surface area (Å²) in [5.74, 6) is 0. The van der Waals surface area contributed by atoms with Crippen molar-refractivity contribution in [3.63, 3.8) is 0 Å². The van der Waals surface area contributed by atoms with Gasteiger partial charge in [0.25, 0.3) is 20.2 Å². The van der Waals surface area contributed by atoms with Gasteiger partial charge < -0.3 is 0 Å². The number of fused-ring (bicyclic) bond motifs is 6. The van der Waals surface area contributed by atoms with E-state index in [2.05, 4.69) is 20.4 Å². The standard InChI is InChI=1S/C34H22N6O6S2/c41-47(42,43)27-15-16-29-24(19-27)11-18-31-34(29)37-39(35-31)25-12-6-21(7-13-25)5-8-23-9-14-26(20-32(23)48(44,45)46)40-36-30-17-10-22-3-1-2-4-28(22)33(30)38-40/h1-20H,(H,41,42,43)(H,44,45,46). The summed E-state index contributed by atoms with van der Waals surface area (Å²) in [6, 6.07) is 31.1. The topological polar surface area (TPSA) is 170 Å². The Kier molecular flexibility index (Phi) is 6.71. The molecule has 0 fully saturated rings. The van der Waals surface area contributed by atoms with Crippen molar-refractivity contribution in [2.75, 3.05) is 0 Å². The Morgan fingerprint density at radius 1 is 0.542 bits per heavy atom. The predicted octanol–water partition coefficient (Wildman–Crippen LogP) is 6.12. The van der Waals surface area contributed by atoms with Crippen LogP contribution in [0.5, 0.6) is 0 Å². The quantitative estimate of drug-likeness (QED) is 0.155. The van der Waals surface area contributed by atoms with Gasteiger partial charge in [-0.05, 0) is 70.4 Å². The van der Waals surface area contributed by atoms with E-state index in [1.165, 1.54) is 27.8 Å². The van der Waals surface area contributed by atoms with E-state index in [0.29, 0.717) is 44.2 Å². The molecule has 0 saturated carbocycles. The van der Waals surface area contributed by atoms with E-state index < -0.39 is 20.2 Å². The Morgan fingerprint density at radius 2 is 1.17 bits per heavy atom. The minimum Gasteiger partial charge on any atom is -0.282 e. The molecule has 2 N–H and O–H groups in total. The highest BCUT2D eigenvalue weighted by Gasteiger charge is 2.18. The summed E-state index contributed by atoms with van der Waals surface area (Å²) >= 11 is 0. The van der Waals surface area contributed by atoms with Gasteiger partial charge in [-0.3, -0.25) is 9.11 Å². The van der Waals surface area contributed by atoms with Gasteiger partial charge in [0.1, 0.15) is 27.0 Å². The molecule has 0 amide bonds. The molecule has 0 unspecified atom stereocenters. The van der Waals surface area contributed by atoms with Crippen molar-refractivity contribution < 1.29 is 25.9 Å². The van der Waals surface area contributed by atoms with Gasteiger partial charge in [-0.25, -0.2) is 0 Å². The zero-order chi connectivity index (χ0) is 33.2. The molecule has 0 atom stereocenters. The zero-order valence-corrected chi connectivity index (χ0v) is 26.2. The average molecular weight is 675 g/mol. The maximum atomic E-state index is 12.4. The first-order valence-electron chi connectivity index (χ1n) is 14.4. The molecule has 8 rings (SSSR count). The van der Waals surface area contributed by atoms with Gasteiger partial charge in [0.2, 0.25) is 0 Å². The van der Waals surface area contributed by atoms with Gasteiger partial charge in [0.15, 0.2) is 0 Å². The minimum absolute atomic E-state index is 0.206. The third kappa shape index (κ3) is 5.28. The van der Waals surface area contributed by atoms with Crippen LogP contribution in [0.25, 0.3) is 67.1 Å². The van der Waals surface area contributed by atoms with Crippen LogP contribution in [0.2, 0.25) is 0 Å². The molecule has 0 spiro atoms. The van der Waals surface area contributed by atoms with Crippen LogP contribution in [-0.4, -0.2) is 55.9 Å². The smallest absolute Gasteiger partial charge is 0.282 e. The first-order valence-corrected chi connectivity index (χ1v) is 17.3. The van der Waals surface area contributed by atoms with E-state index in [-0.39, 0.29) is 15.4 Å². The Morgan fingerprint density at radius 3 is 1.85 bits per heavy atom. The lowest BCUT2D eigenvalue weighted by molar-refractivity contribution is 0.481. The Labute approximate surface area is 272 Å². The third-order valence-corrected chi connectivity index (χ3v) is 9.76. The highest BCUT2D eigenvalue weighted by molar-refractivity contribution is 7.86. The van der Waals surface area contributed by atoms with Crippen LogP contribution >= 0.6 is 0 Å². The lowest BCUT2D eigenvalue weighted by Crippen LogP contribution is -2.05. The summed E-state index contributed by atoms with van der Waals surface area (Å²) in [5, 5.41) is 21.4. The first kappa shape index (κ1) is 29.6. The fourth-order valence-corrected chi connectivity index (χ4v) is 6.86. The molecule has 12 nitrogen and oxygen atoms in total. The summed E-state index contributed by atoms with van der Waals surface area (Å²) in [4.78, 5) is 2.31. The van der Waals surface area contributed by atoms with Crippen LogP contribution in [-0.2, 0) is 20.2 Å². The van der Waals surface area contributed by atoms with Crippen LogP contribution in [0.15, 0.2) is 119 Å².